The van der Waals surface area contributed by atoms with Crippen molar-refractivity contribution in [3.05, 3.63) is 17.4 Å². The summed E-state index contributed by atoms with van der Waals surface area (Å²) in [7, 11) is 5.42. The molecule has 0 N–H and O–H groups in total. The Morgan fingerprint density at radius 1 is 1.70 bits per heavy atom. The number of aromatic nitrogens is 3. The topological polar surface area (TPSA) is 30.2 Å². The van der Waals surface area contributed by atoms with Crippen LogP contribution in [0.2, 0.25) is 0 Å². The van der Waals surface area contributed by atoms with Crippen LogP contribution in [0, 0.1) is 0 Å². The van der Waals surface area contributed by atoms with E-state index in [1.54, 1.807) is 16.2 Å². The summed E-state index contributed by atoms with van der Waals surface area (Å²) >= 11 is 1.51. The lowest BCUT2D eigenvalue weighted by Crippen LogP contribution is -1.91. The first-order valence-electron chi connectivity index (χ1n) is 2.88. The molecule has 0 unspecified atom stereocenters. The van der Waals surface area contributed by atoms with Gasteiger partial charge in [0.05, 0.1) is 19.7 Å². The Hall–Kier alpha value is -0.835. The van der Waals surface area contributed by atoms with Crippen molar-refractivity contribution < 1.29 is 0 Å². The maximum absolute atomic E-state index is 5.42. The molecule has 0 aliphatic heterocycles. The van der Waals surface area contributed by atoms with E-state index in [9.17, 15) is 0 Å². The molecule has 5 heteroatoms. The predicted molar refractivity (Wildman–Crippen MR) is 40.3 cm³/mol. The van der Waals surface area contributed by atoms with Crippen LogP contribution in [0.3, 0.4) is 0 Å². The SMILES string of the molecule is [B]Cc1cnc2scnn12. The van der Waals surface area contributed by atoms with Gasteiger partial charge in [0.25, 0.3) is 0 Å². The molecule has 0 atom stereocenters. The number of hydrogen-bond donors (Lipinski definition) is 0. The minimum atomic E-state index is 0.491. The summed E-state index contributed by atoms with van der Waals surface area (Å²) in [6.07, 6.45) is 2.24. The van der Waals surface area contributed by atoms with E-state index >= 15 is 0 Å². The standard InChI is InChI=1S/C5H4BN3S/c6-1-4-2-7-5-9(4)8-3-10-5/h2-3H,1H2. The first kappa shape index (κ1) is 5.91. The average Bonchev–Trinajstić information content (AvgIpc) is 2.44. The summed E-state index contributed by atoms with van der Waals surface area (Å²) in [4.78, 5) is 4.99. The highest BCUT2D eigenvalue weighted by Gasteiger charge is 2.00. The maximum atomic E-state index is 5.42. The molecule has 2 rings (SSSR count). The van der Waals surface area contributed by atoms with Crippen molar-refractivity contribution in [2.45, 2.75) is 6.32 Å². The van der Waals surface area contributed by atoms with Gasteiger partial charge in [-0.1, -0.05) is 11.3 Å². The molecule has 0 spiro atoms. The summed E-state index contributed by atoms with van der Waals surface area (Å²) in [5.41, 5.74) is 2.71. The van der Waals surface area contributed by atoms with Crippen molar-refractivity contribution in [2.24, 2.45) is 0 Å². The minimum absolute atomic E-state index is 0.491. The Morgan fingerprint density at radius 2 is 2.60 bits per heavy atom. The molecule has 2 heterocycles. The first-order valence-corrected chi connectivity index (χ1v) is 3.76. The van der Waals surface area contributed by atoms with E-state index < -0.39 is 0 Å². The Kier molecular flexibility index (Phi) is 1.24. The normalized spacial score (nSPS) is 10.8. The summed E-state index contributed by atoms with van der Waals surface area (Å²) in [6.45, 7) is 0. The maximum Gasteiger partial charge on any atom is 0.212 e. The van der Waals surface area contributed by atoms with Crippen LogP contribution in [0.15, 0.2) is 11.7 Å². The van der Waals surface area contributed by atoms with Gasteiger partial charge in [0.1, 0.15) is 5.51 Å². The molecule has 0 aliphatic carbocycles. The Bertz CT molecular complexity index is 339. The van der Waals surface area contributed by atoms with Gasteiger partial charge < -0.3 is 0 Å². The fourth-order valence-corrected chi connectivity index (χ4v) is 1.44. The third-order valence-corrected chi connectivity index (χ3v) is 2.00. The Labute approximate surface area is 63.1 Å². The minimum Gasteiger partial charge on any atom is -0.226 e. The van der Waals surface area contributed by atoms with Crippen LogP contribution < -0.4 is 0 Å². The third kappa shape index (κ3) is 0.670. The van der Waals surface area contributed by atoms with Gasteiger partial charge in [-0.2, -0.15) is 5.10 Å². The molecule has 0 aliphatic rings. The summed E-state index contributed by atoms with van der Waals surface area (Å²) < 4.78 is 1.75. The van der Waals surface area contributed by atoms with Crippen LogP contribution in [-0.4, -0.2) is 22.4 Å². The smallest absolute Gasteiger partial charge is 0.212 e. The molecule has 3 nitrogen and oxygen atoms in total. The lowest BCUT2D eigenvalue weighted by atomic mass is 10.0. The van der Waals surface area contributed by atoms with Crippen molar-refractivity contribution in [3.8, 4) is 0 Å². The second kappa shape index (κ2) is 2.09. The predicted octanol–water partition coefficient (Wildman–Crippen LogP) is 0.459. The summed E-state index contributed by atoms with van der Waals surface area (Å²) in [5.74, 6) is 0. The summed E-state index contributed by atoms with van der Waals surface area (Å²) in [5, 5.41) is 4.04. The van der Waals surface area contributed by atoms with Crippen LogP contribution in [0.1, 0.15) is 5.69 Å². The van der Waals surface area contributed by atoms with E-state index in [0.717, 1.165) is 10.7 Å². The zero-order chi connectivity index (χ0) is 6.97. The number of rotatable bonds is 1. The van der Waals surface area contributed by atoms with E-state index in [2.05, 4.69) is 10.1 Å². The van der Waals surface area contributed by atoms with Gasteiger partial charge in [0, 0.05) is 0 Å². The largest absolute Gasteiger partial charge is 0.226 e. The molecular weight excluding hydrogens is 145 g/mol. The first-order chi connectivity index (χ1) is 4.92. The second-order valence-electron chi connectivity index (χ2n) is 1.89. The zero-order valence-electron chi connectivity index (χ0n) is 5.19. The molecule has 2 radical (unpaired) electrons. The molecule has 0 bridgehead atoms. The van der Waals surface area contributed by atoms with Crippen LogP contribution in [0.25, 0.3) is 4.96 Å². The molecule has 2 aromatic rings. The van der Waals surface area contributed by atoms with Gasteiger partial charge in [-0.25, -0.2) is 9.50 Å². The number of fused-ring (bicyclic) bond motifs is 1. The Morgan fingerprint density at radius 3 is 3.40 bits per heavy atom. The van der Waals surface area contributed by atoms with Crippen molar-refractivity contribution in [1.29, 1.82) is 0 Å². The highest BCUT2D eigenvalue weighted by molar-refractivity contribution is 7.14. The van der Waals surface area contributed by atoms with Crippen molar-refractivity contribution >= 4 is 24.1 Å². The third-order valence-electron chi connectivity index (χ3n) is 1.31. The highest BCUT2D eigenvalue weighted by Crippen LogP contribution is 2.08. The zero-order valence-corrected chi connectivity index (χ0v) is 6.01. The fourth-order valence-electron chi connectivity index (χ4n) is 0.823. The van der Waals surface area contributed by atoms with Crippen LogP contribution in [0.4, 0.5) is 0 Å². The molecule has 0 saturated heterocycles. The fraction of sp³-hybridized carbons (Fsp3) is 0.200. The molecule has 10 heavy (non-hydrogen) atoms. The van der Waals surface area contributed by atoms with E-state index in [1.807, 2.05) is 0 Å². The van der Waals surface area contributed by atoms with Gasteiger partial charge in [-0.15, -0.1) is 0 Å². The quantitative estimate of drug-likeness (QED) is 0.551. The molecule has 0 amide bonds. The lowest BCUT2D eigenvalue weighted by molar-refractivity contribution is 0.921. The van der Waals surface area contributed by atoms with Gasteiger partial charge in [0.2, 0.25) is 4.96 Å². The van der Waals surface area contributed by atoms with Crippen LogP contribution in [0.5, 0.6) is 0 Å². The molecule has 0 aromatic carbocycles. The Balaban J connectivity index is 2.76. The van der Waals surface area contributed by atoms with Crippen molar-refractivity contribution in [1.82, 2.24) is 14.6 Å². The second-order valence-corrected chi connectivity index (χ2v) is 2.70. The van der Waals surface area contributed by atoms with Crippen LogP contribution >= 0.6 is 11.3 Å². The molecule has 48 valence electrons. The van der Waals surface area contributed by atoms with Gasteiger partial charge in [-0.05, 0) is 6.32 Å². The highest BCUT2D eigenvalue weighted by atomic mass is 32.1. The molecule has 2 aromatic heterocycles. The van der Waals surface area contributed by atoms with Gasteiger partial charge in [0.15, 0.2) is 0 Å². The monoisotopic (exact) mass is 149 g/mol. The number of imidazole rings is 1. The average molecular weight is 149 g/mol. The molecule has 0 saturated carbocycles. The van der Waals surface area contributed by atoms with Crippen LogP contribution in [-0.2, 0) is 6.32 Å². The number of nitrogens with zero attached hydrogens (tertiary/aromatic N) is 3. The molecular formula is C5H4BN3S. The summed E-state index contributed by atoms with van der Waals surface area (Å²) in [6, 6.07) is 0. The lowest BCUT2D eigenvalue weighted by Gasteiger charge is -1.86. The van der Waals surface area contributed by atoms with E-state index in [-0.39, 0.29) is 0 Å². The van der Waals surface area contributed by atoms with Gasteiger partial charge >= 0.3 is 0 Å². The number of hydrogen-bond acceptors (Lipinski definition) is 3. The van der Waals surface area contributed by atoms with Gasteiger partial charge in [-0.3, -0.25) is 0 Å². The van der Waals surface area contributed by atoms with E-state index in [0.29, 0.717) is 6.32 Å². The molecule has 0 fully saturated rings. The van der Waals surface area contributed by atoms with E-state index in [4.69, 9.17) is 7.85 Å². The van der Waals surface area contributed by atoms with E-state index in [1.165, 1.54) is 11.3 Å². The van der Waals surface area contributed by atoms with Crippen molar-refractivity contribution in [2.75, 3.05) is 0 Å². The van der Waals surface area contributed by atoms with Crippen molar-refractivity contribution in [3.63, 3.8) is 0 Å².